The lowest BCUT2D eigenvalue weighted by atomic mass is 9.79. The van der Waals surface area contributed by atoms with Gasteiger partial charge in [0.2, 0.25) is 12.2 Å². The molecule has 0 radical (unpaired) electrons. The number of carbonyl (C=O) groups is 1. The zero-order valence-electron chi connectivity index (χ0n) is 21.0. The van der Waals surface area contributed by atoms with Crippen LogP contribution in [-0.2, 0) is 14.3 Å². The summed E-state index contributed by atoms with van der Waals surface area (Å²) in [5.41, 5.74) is 0.788. The summed E-state index contributed by atoms with van der Waals surface area (Å²) < 4.78 is 33.3. The Kier molecular flexibility index (Phi) is 7.80. The second-order valence-corrected chi connectivity index (χ2v) is 9.91. The van der Waals surface area contributed by atoms with Crippen molar-refractivity contribution < 1.29 is 33.6 Å². The quantitative estimate of drug-likeness (QED) is 0.525. The van der Waals surface area contributed by atoms with E-state index < -0.39 is 36.0 Å². The Hall–Kier alpha value is -2.78. The molecule has 0 spiro atoms. The molecule has 1 aliphatic heterocycles. The van der Waals surface area contributed by atoms with Crippen LogP contribution in [0.25, 0.3) is 11.1 Å². The number of rotatable bonds is 6. The second kappa shape index (κ2) is 10.7. The number of allylic oxidation sites excluding steroid dienone is 1. The van der Waals surface area contributed by atoms with Crippen LogP contribution >= 0.6 is 0 Å². The summed E-state index contributed by atoms with van der Waals surface area (Å²) in [5, 5.41) is 24.2. The van der Waals surface area contributed by atoms with Crippen molar-refractivity contribution in [2.24, 2.45) is 0 Å². The highest BCUT2D eigenvalue weighted by Crippen LogP contribution is 2.42. The number of aliphatic hydroxyl groups excluding tert-OH is 2. The number of aliphatic hydroxyl groups is 2. The summed E-state index contributed by atoms with van der Waals surface area (Å²) in [5.74, 6) is -0.993. The van der Waals surface area contributed by atoms with E-state index >= 15 is 4.39 Å². The third-order valence-electron chi connectivity index (χ3n) is 6.96. The van der Waals surface area contributed by atoms with Gasteiger partial charge in [0.1, 0.15) is 18.3 Å². The fourth-order valence-corrected chi connectivity index (χ4v) is 5.28. The van der Waals surface area contributed by atoms with Crippen molar-refractivity contribution in [3.8, 4) is 16.9 Å². The van der Waals surface area contributed by atoms with Crippen molar-refractivity contribution in [2.45, 2.75) is 75.8 Å². The normalized spacial score (nSPS) is 29.5. The van der Waals surface area contributed by atoms with E-state index in [1.54, 1.807) is 19.9 Å². The summed E-state index contributed by atoms with van der Waals surface area (Å²) in [6.45, 7) is 4.89. The molecule has 1 amide bonds. The van der Waals surface area contributed by atoms with Crippen molar-refractivity contribution in [3.63, 3.8) is 0 Å². The molecule has 8 heteroatoms. The van der Waals surface area contributed by atoms with Gasteiger partial charge in [0.05, 0.1) is 5.60 Å². The van der Waals surface area contributed by atoms with Gasteiger partial charge in [-0.2, -0.15) is 0 Å². The Labute approximate surface area is 210 Å². The van der Waals surface area contributed by atoms with Crippen LogP contribution in [0.1, 0.15) is 45.1 Å². The van der Waals surface area contributed by atoms with E-state index in [2.05, 4.69) is 5.32 Å². The highest BCUT2D eigenvalue weighted by atomic mass is 19.1. The standard InChI is InChI=1S/C28H34FNO6/c1-16(31)30-20-13-9-8-12-18(20)19-14-15-21(23(29)22(19)17-10-6-5-7-11-17)35-27-25(33)24(32)26(34-4)28(2,3)36-27/h5-11,14-15,18,20,24-27,32-33H,12-13H2,1-4H3,(H,30,31)/t18?,20?,24-,25+,26+,27?/m0/s1. The molecule has 1 saturated heterocycles. The first-order valence-corrected chi connectivity index (χ1v) is 12.2. The Bertz CT molecular complexity index is 1100. The maximum Gasteiger partial charge on any atom is 0.229 e. The molecule has 2 aromatic carbocycles. The number of carbonyl (C=O) groups excluding carboxylic acids is 1. The molecule has 0 saturated carbocycles. The van der Waals surface area contributed by atoms with E-state index in [4.69, 9.17) is 14.2 Å². The van der Waals surface area contributed by atoms with Gasteiger partial charge in [0, 0.05) is 31.6 Å². The topological polar surface area (TPSA) is 97.3 Å². The van der Waals surface area contributed by atoms with E-state index in [1.807, 2.05) is 42.5 Å². The third-order valence-corrected chi connectivity index (χ3v) is 6.96. The average Bonchev–Trinajstić information content (AvgIpc) is 2.84. The van der Waals surface area contributed by atoms with Gasteiger partial charge >= 0.3 is 0 Å². The van der Waals surface area contributed by atoms with E-state index in [0.717, 1.165) is 5.56 Å². The Morgan fingerprint density at radius 3 is 2.44 bits per heavy atom. The summed E-state index contributed by atoms with van der Waals surface area (Å²) in [4.78, 5) is 11.8. The van der Waals surface area contributed by atoms with Crippen molar-refractivity contribution in [2.75, 3.05) is 7.11 Å². The van der Waals surface area contributed by atoms with Crippen LogP contribution in [0.15, 0.2) is 54.6 Å². The first-order chi connectivity index (χ1) is 17.1. The molecule has 3 N–H and O–H groups in total. The zero-order chi connectivity index (χ0) is 26.0. The van der Waals surface area contributed by atoms with Crippen LogP contribution in [-0.4, -0.2) is 59.5 Å². The molecule has 1 fully saturated rings. The molecule has 4 rings (SSSR count). The minimum Gasteiger partial charge on any atom is -0.459 e. The number of nitrogens with one attached hydrogen (secondary N) is 1. The van der Waals surface area contributed by atoms with Crippen LogP contribution in [0.3, 0.4) is 0 Å². The second-order valence-electron chi connectivity index (χ2n) is 9.91. The number of benzene rings is 2. The summed E-state index contributed by atoms with van der Waals surface area (Å²) >= 11 is 0. The molecule has 7 nitrogen and oxygen atoms in total. The highest BCUT2D eigenvalue weighted by molar-refractivity contribution is 5.74. The van der Waals surface area contributed by atoms with Crippen LogP contribution in [0.4, 0.5) is 4.39 Å². The predicted molar refractivity (Wildman–Crippen MR) is 133 cm³/mol. The van der Waals surface area contributed by atoms with Gasteiger partial charge in [-0.15, -0.1) is 0 Å². The Morgan fingerprint density at radius 1 is 1.08 bits per heavy atom. The average molecular weight is 500 g/mol. The fraction of sp³-hybridized carbons (Fsp3) is 0.464. The van der Waals surface area contributed by atoms with E-state index in [0.29, 0.717) is 24.0 Å². The number of hydrogen-bond acceptors (Lipinski definition) is 6. The van der Waals surface area contributed by atoms with Crippen LogP contribution in [0, 0.1) is 5.82 Å². The number of ether oxygens (including phenoxy) is 3. The lowest BCUT2D eigenvalue weighted by Gasteiger charge is -2.46. The highest BCUT2D eigenvalue weighted by Gasteiger charge is 2.50. The monoisotopic (exact) mass is 499 g/mol. The van der Waals surface area contributed by atoms with Gasteiger partial charge in [-0.25, -0.2) is 4.39 Å². The van der Waals surface area contributed by atoms with Crippen molar-refractivity contribution >= 4 is 5.91 Å². The van der Waals surface area contributed by atoms with Gasteiger partial charge < -0.3 is 29.7 Å². The molecular weight excluding hydrogens is 465 g/mol. The van der Waals surface area contributed by atoms with Gasteiger partial charge in [0.15, 0.2) is 11.6 Å². The Balaban J connectivity index is 1.74. The van der Waals surface area contributed by atoms with Gasteiger partial charge in [-0.05, 0) is 43.9 Å². The maximum atomic E-state index is 16.2. The molecular formula is C28H34FNO6. The van der Waals surface area contributed by atoms with E-state index in [9.17, 15) is 15.0 Å². The fourth-order valence-electron chi connectivity index (χ4n) is 5.28. The minimum atomic E-state index is -1.45. The molecule has 2 aliphatic rings. The first-order valence-electron chi connectivity index (χ1n) is 12.2. The van der Waals surface area contributed by atoms with Gasteiger partial charge in [-0.3, -0.25) is 4.79 Å². The first kappa shape index (κ1) is 26.3. The van der Waals surface area contributed by atoms with E-state index in [1.165, 1.54) is 20.1 Å². The predicted octanol–water partition coefficient (Wildman–Crippen LogP) is 3.68. The molecule has 194 valence electrons. The summed E-state index contributed by atoms with van der Waals surface area (Å²) in [6, 6.07) is 12.3. The summed E-state index contributed by atoms with van der Waals surface area (Å²) in [6.07, 6.45) is 0.528. The molecule has 0 aromatic heterocycles. The van der Waals surface area contributed by atoms with Gasteiger partial charge in [-0.1, -0.05) is 48.6 Å². The number of halogens is 1. The van der Waals surface area contributed by atoms with Gasteiger partial charge in [0.25, 0.3) is 0 Å². The van der Waals surface area contributed by atoms with Crippen molar-refractivity contribution in [3.05, 3.63) is 66.0 Å². The third kappa shape index (κ3) is 5.18. The molecule has 1 aliphatic carbocycles. The van der Waals surface area contributed by atoms with E-state index in [-0.39, 0.29) is 23.6 Å². The molecule has 36 heavy (non-hydrogen) atoms. The minimum absolute atomic E-state index is 0.108. The molecule has 1 heterocycles. The lowest BCUT2D eigenvalue weighted by molar-refractivity contribution is -0.306. The molecule has 6 atom stereocenters. The van der Waals surface area contributed by atoms with Crippen LogP contribution in [0.2, 0.25) is 0 Å². The molecule has 2 aromatic rings. The SMILES string of the molecule is CO[C@@H]1[C@@H](O)[C@@H](O)C(Oc2ccc(C3CC=CCC3NC(C)=O)c(-c3ccccc3)c2F)OC1(C)C. The molecule has 3 unspecified atom stereocenters. The van der Waals surface area contributed by atoms with Crippen LogP contribution in [0.5, 0.6) is 5.75 Å². The maximum absolute atomic E-state index is 16.2. The summed E-state index contributed by atoms with van der Waals surface area (Å²) in [7, 11) is 1.42. The largest absolute Gasteiger partial charge is 0.459 e. The molecule has 0 bridgehead atoms. The number of methoxy groups -OCH3 is 1. The van der Waals surface area contributed by atoms with Crippen molar-refractivity contribution in [1.82, 2.24) is 5.32 Å². The van der Waals surface area contributed by atoms with Crippen LogP contribution < -0.4 is 10.1 Å². The number of amides is 1. The number of hydrogen-bond donors (Lipinski definition) is 3. The van der Waals surface area contributed by atoms with Crippen molar-refractivity contribution in [1.29, 1.82) is 0 Å². The smallest absolute Gasteiger partial charge is 0.229 e. The zero-order valence-corrected chi connectivity index (χ0v) is 21.0. The Morgan fingerprint density at radius 2 is 1.78 bits per heavy atom. The lowest BCUT2D eigenvalue weighted by Crippen LogP contribution is -2.63.